The minimum Gasteiger partial charge on any atom is -0.349 e. The third-order valence-corrected chi connectivity index (χ3v) is 2.86. The molecule has 0 atom stereocenters. The summed E-state index contributed by atoms with van der Waals surface area (Å²) in [5, 5.41) is 20.1. The fourth-order valence-electron chi connectivity index (χ4n) is 1.79. The van der Waals surface area contributed by atoms with Crippen molar-refractivity contribution >= 4 is 11.6 Å². The highest BCUT2D eigenvalue weighted by Gasteiger charge is 2.35. The predicted molar refractivity (Wildman–Crippen MR) is 69.4 cm³/mol. The SMILES string of the molecule is Cn1nc(C(=O)NCCn2cc([N+](=O)[O-])cn2)cc1C(F)(F)F. The summed E-state index contributed by atoms with van der Waals surface area (Å²) in [4.78, 5) is 21.6. The van der Waals surface area contributed by atoms with Crippen LogP contribution in [0.25, 0.3) is 0 Å². The van der Waals surface area contributed by atoms with Crippen LogP contribution in [0.3, 0.4) is 0 Å². The van der Waals surface area contributed by atoms with Crippen LogP contribution in [0.2, 0.25) is 0 Å². The highest BCUT2D eigenvalue weighted by atomic mass is 19.4. The number of carbonyl (C=O) groups is 1. The van der Waals surface area contributed by atoms with Crippen molar-refractivity contribution in [3.63, 3.8) is 0 Å². The molecular formula is C11H11F3N6O3. The highest BCUT2D eigenvalue weighted by molar-refractivity contribution is 5.92. The number of aromatic nitrogens is 4. The Balaban J connectivity index is 1.93. The summed E-state index contributed by atoms with van der Waals surface area (Å²) in [6, 6.07) is 0.647. The molecule has 0 saturated heterocycles. The molecule has 23 heavy (non-hydrogen) atoms. The molecule has 2 rings (SSSR count). The second-order valence-electron chi connectivity index (χ2n) is 4.51. The van der Waals surface area contributed by atoms with Crippen LogP contribution < -0.4 is 5.32 Å². The molecule has 1 amide bonds. The second kappa shape index (κ2) is 6.06. The fourth-order valence-corrected chi connectivity index (χ4v) is 1.79. The quantitative estimate of drug-likeness (QED) is 0.648. The first kappa shape index (κ1) is 16.5. The molecule has 0 bridgehead atoms. The van der Waals surface area contributed by atoms with E-state index >= 15 is 0 Å². The first-order valence-corrected chi connectivity index (χ1v) is 6.25. The van der Waals surface area contributed by atoms with Crippen LogP contribution in [0.5, 0.6) is 0 Å². The Morgan fingerprint density at radius 3 is 2.70 bits per heavy atom. The minimum absolute atomic E-state index is 0.0234. The average molecular weight is 332 g/mol. The number of nitrogens with one attached hydrogen (secondary N) is 1. The Bertz CT molecular complexity index is 736. The summed E-state index contributed by atoms with van der Waals surface area (Å²) >= 11 is 0. The van der Waals surface area contributed by atoms with E-state index in [-0.39, 0.29) is 24.5 Å². The standard InChI is InChI=1S/C11H11F3N6O3/c1-18-9(11(12,13)14)4-8(17-18)10(21)15-2-3-19-6-7(5-16-19)20(22)23/h4-6H,2-3H2,1H3,(H,15,21). The van der Waals surface area contributed by atoms with E-state index in [9.17, 15) is 28.1 Å². The van der Waals surface area contributed by atoms with Crippen molar-refractivity contribution in [2.45, 2.75) is 12.7 Å². The van der Waals surface area contributed by atoms with E-state index in [1.54, 1.807) is 0 Å². The normalized spacial score (nSPS) is 11.5. The summed E-state index contributed by atoms with van der Waals surface area (Å²) < 4.78 is 39.6. The van der Waals surface area contributed by atoms with Gasteiger partial charge in [-0.3, -0.25) is 24.3 Å². The van der Waals surface area contributed by atoms with E-state index in [0.717, 1.165) is 13.2 Å². The number of rotatable bonds is 5. The smallest absolute Gasteiger partial charge is 0.349 e. The predicted octanol–water partition coefficient (Wildman–Crippen LogP) is 0.974. The summed E-state index contributed by atoms with van der Waals surface area (Å²) in [5.41, 5.74) is -1.60. The number of carbonyl (C=O) groups excluding carboxylic acids is 1. The molecule has 9 nitrogen and oxygen atoms in total. The van der Waals surface area contributed by atoms with Gasteiger partial charge in [0.2, 0.25) is 0 Å². The van der Waals surface area contributed by atoms with Crippen molar-refractivity contribution in [2.75, 3.05) is 6.54 Å². The summed E-state index contributed by atoms with van der Waals surface area (Å²) in [7, 11) is 1.09. The van der Waals surface area contributed by atoms with Crippen LogP contribution in [0.1, 0.15) is 16.2 Å². The number of nitrogens with zero attached hydrogens (tertiary/aromatic N) is 5. The molecule has 0 fully saturated rings. The molecule has 124 valence electrons. The van der Waals surface area contributed by atoms with Gasteiger partial charge in [-0.05, 0) is 0 Å². The lowest BCUT2D eigenvalue weighted by atomic mass is 10.3. The summed E-state index contributed by atoms with van der Waals surface area (Å²) in [6.45, 7) is 0.147. The van der Waals surface area contributed by atoms with Crippen LogP contribution >= 0.6 is 0 Å². The maximum absolute atomic E-state index is 12.6. The van der Waals surface area contributed by atoms with Gasteiger partial charge in [-0.1, -0.05) is 0 Å². The molecule has 12 heteroatoms. The number of hydrogen-bond donors (Lipinski definition) is 1. The molecule has 2 aromatic rings. The van der Waals surface area contributed by atoms with Gasteiger partial charge in [-0.25, -0.2) is 0 Å². The second-order valence-corrected chi connectivity index (χ2v) is 4.51. The fraction of sp³-hybridized carbons (Fsp3) is 0.364. The van der Waals surface area contributed by atoms with E-state index in [1.165, 1.54) is 10.9 Å². The van der Waals surface area contributed by atoms with Crippen molar-refractivity contribution in [2.24, 2.45) is 7.05 Å². The van der Waals surface area contributed by atoms with Gasteiger partial charge in [0.05, 0.1) is 11.5 Å². The van der Waals surface area contributed by atoms with Crippen molar-refractivity contribution in [1.82, 2.24) is 24.9 Å². The molecular weight excluding hydrogens is 321 g/mol. The summed E-state index contributed by atoms with van der Waals surface area (Å²) in [5.74, 6) is -0.780. The van der Waals surface area contributed by atoms with Crippen molar-refractivity contribution in [3.05, 3.63) is 40.0 Å². The highest BCUT2D eigenvalue weighted by Crippen LogP contribution is 2.29. The van der Waals surface area contributed by atoms with Crippen molar-refractivity contribution < 1.29 is 22.9 Å². The zero-order chi connectivity index (χ0) is 17.2. The number of hydrogen-bond acceptors (Lipinski definition) is 5. The maximum Gasteiger partial charge on any atom is 0.433 e. The number of halogens is 3. The number of alkyl halides is 3. The molecule has 0 aliphatic heterocycles. The molecule has 0 unspecified atom stereocenters. The molecule has 2 aromatic heterocycles. The maximum atomic E-state index is 12.6. The molecule has 0 aromatic carbocycles. The zero-order valence-electron chi connectivity index (χ0n) is 11.7. The molecule has 0 radical (unpaired) electrons. The topological polar surface area (TPSA) is 108 Å². The number of nitro groups is 1. The van der Waals surface area contributed by atoms with Gasteiger partial charge in [0.25, 0.3) is 5.91 Å². The van der Waals surface area contributed by atoms with Gasteiger partial charge in [-0.2, -0.15) is 23.4 Å². The van der Waals surface area contributed by atoms with E-state index in [4.69, 9.17) is 0 Å². The number of aryl methyl sites for hydroxylation is 1. The van der Waals surface area contributed by atoms with E-state index in [0.29, 0.717) is 10.7 Å². The van der Waals surface area contributed by atoms with Crippen LogP contribution in [0, 0.1) is 10.1 Å². The van der Waals surface area contributed by atoms with Crippen LogP contribution in [-0.4, -0.2) is 36.9 Å². The van der Waals surface area contributed by atoms with Gasteiger partial charge in [0.15, 0.2) is 5.69 Å². The Kier molecular flexibility index (Phi) is 4.33. The van der Waals surface area contributed by atoms with E-state index < -0.39 is 22.7 Å². The largest absolute Gasteiger partial charge is 0.433 e. The van der Waals surface area contributed by atoms with Gasteiger partial charge >= 0.3 is 11.9 Å². The molecule has 0 saturated carbocycles. The van der Waals surface area contributed by atoms with Gasteiger partial charge < -0.3 is 5.32 Å². The molecule has 2 heterocycles. The Morgan fingerprint density at radius 2 is 2.17 bits per heavy atom. The van der Waals surface area contributed by atoms with E-state index in [2.05, 4.69) is 15.5 Å². The van der Waals surface area contributed by atoms with Gasteiger partial charge in [0.1, 0.15) is 18.1 Å². The first-order valence-electron chi connectivity index (χ1n) is 6.25. The van der Waals surface area contributed by atoms with Crippen LogP contribution in [-0.2, 0) is 19.8 Å². The third kappa shape index (κ3) is 3.84. The zero-order valence-corrected chi connectivity index (χ0v) is 11.7. The van der Waals surface area contributed by atoms with Crippen LogP contribution in [0.15, 0.2) is 18.5 Å². The summed E-state index contributed by atoms with van der Waals surface area (Å²) in [6.07, 6.45) is -2.38. The lowest BCUT2D eigenvalue weighted by molar-refractivity contribution is -0.385. The lowest BCUT2D eigenvalue weighted by Crippen LogP contribution is -2.27. The van der Waals surface area contributed by atoms with E-state index in [1.807, 2.05) is 0 Å². The Labute approximate surface area is 126 Å². The molecule has 0 aliphatic rings. The molecule has 1 N–H and O–H groups in total. The first-order chi connectivity index (χ1) is 10.7. The van der Waals surface area contributed by atoms with Crippen molar-refractivity contribution in [3.8, 4) is 0 Å². The lowest BCUT2D eigenvalue weighted by Gasteiger charge is -2.04. The molecule has 0 aliphatic carbocycles. The minimum atomic E-state index is -4.60. The average Bonchev–Trinajstić information content (AvgIpc) is 3.04. The van der Waals surface area contributed by atoms with Crippen molar-refractivity contribution in [1.29, 1.82) is 0 Å². The Hall–Kier alpha value is -2.92. The Morgan fingerprint density at radius 1 is 1.48 bits per heavy atom. The third-order valence-electron chi connectivity index (χ3n) is 2.86. The number of amides is 1. The van der Waals surface area contributed by atoms with Gasteiger partial charge in [0, 0.05) is 19.7 Å². The monoisotopic (exact) mass is 332 g/mol. The van der Waals surface area contributed by atoms with Crippen LogP contribution in [0.4, 0.5) is 18.9 Å². The molecule has 0 spiro atoms. The van der Waals surface area contributed by atoms with Gasteiger partial charge in [-0.15, -0.1) is 0 Å².